The number of hydrogen-bond acceptors (Lipinski definition) is 2. The van der Waals surface area contributed by atoms with Gasteiger partial charge in [0.25, 0.3) is 0 Å². The molecule has 0 radical (unpaired) electrons. The molecule has 1 unspecified atom stereocenters. The number of halogens is 2. The van der Waals surface area contributed by atoms with Gasteiger partial charge in [0.05, 0.1) is 11.1 Å². The first kappa shape index (κ1) is 13.8. The van der Waals surface area contributed by atoms with Gasteiger partial charge in [-0.15, -0.1) is 0 Å². The van der Waals surface area contributed by atoms with E-state index in [9.17, 15) is 5.11 Å². The molecule has 0 spiro atoms. The fourth-order valence-corrected chi connectivity index (χ4v) is 3.10. The minimum Gasteiger partial charge on any atom is -0.389 e. The molecule has 94 valence electrons. The van der Waals surface area contributed by atoms with Crippen LogP contribution in [0.25, 0.3) is 0 Å². The molecule has 0 aromatic heterocycles. The van der Waals surface area contributed by atoms with Crippen molar-refractivity contribution in [2.45, 2.75) is 22.8 Å². The summed E-state index contributed by atoms with van der Waals surface area (Å²) in [7, 11) is 0. The quantitative estimate of drug-likeness (QED) is 0.840. The van der Waals surface area contributed by atoms with Crippen molar-refractivity contribution < 1.29 is 5.11 Å². The lowest BCUT2D eigenvalue weighted by Gasteiger charge is -2.09. The second-order valence-electron chi connectivity index (χ2n) is 3.89. The van der Waals surface area contributed by atoms with Crippen LogP contribution in [-0.4, -0.2) is 5.11 Å². The lowest BCUT2D eigenvalue weighted by atomic mass is 10.1. The summed E-state index contributed by atoms with van der Waals surface area (Å²) in [6, 6.07) is 13.3. The van der Waals surface area contributed by atoms with Crippen molar-refractivity contribution in [3.8, 4) is 0 Å². The van der Waals surface area contributed by atoms with Crippen molar-refractivity contribution in [3.63, 3.8) is 0 Å². The molecule has 0 saturated carbocycles. The zero-order valence-corrected chi connectivity index (χ0v) is 12.1. The molecule has 2 aromatic rings. The zero-order valence-electron chi connectivity index (χ0n) is 9.73. The van der Waals surface area contributed by atoms with Crippen LogP contribution < -0.4 is 0 Å². The van der Waals surface area contributed by atoms with Gasteiger partial charge in [0.2, 0.25) is 0 Å². The van der Waals surface area contributed by atoms with Crippen LogP contribution in [-0.2, 0) is 0 Å². The van der Waals surface area contributed by atoms with Gasteiger partial charge in [-0.2, -0.15) is 0 Å². The zero-order chi connectivity index (χ0) is 13.1. The maximum Gasteiger partial charge on any atom is 0.0776 e. The first-order chi connectivity index (χ1) is 8.58. The Kier molecular flexibility index (Phi) is 4.57. The van der Waals surface area contributed by atoms with Crippen LogP contribution in [0.1, 0.15) is 18.6 Å². The van der Waals surface area contributed by atoms with E-state index in [1.807, 2.05) is 42.5 Å². The van der Waals surface area contributed by atoms with Crippen LogP contribution in [0.2, 0.25) is 10.0 Å². The Hall–Kier alpha value is -0.670. The third kappa shape index (κ3) is 3.21. The van der Waals surface area contributed by atoms with E-state index in [4.69, 9.17) is 23.2 Å². The van der Waals surface area contributed by atoms with E-state index < -0.39 is 6.10 Å². The Morgan fingerprint density at radius 2 is 1.78 bits per heavy atom. The first-order valence-electron chi connectivity index (χ1n) is 5.48. The highest BCUT2D eigenvalue weighted by atomic mass is 35.5. The summed E-state index contributed by atoms with van der Waals surface area (Å²) in [5, 5.41) is 10.8. The van der Waals surface area contributed by atoms with Crippen molar-refractivity contribution in [1.29, 1.82) is 0 Å². The number of rotatable bonds is 3. The van der Waals surface area contributed by atoms with Gasteiger partial charge in [-0.1, -0.05) is 53.2 Å². The molecule has 1 N–H and O–H groups in total. The molecule has 0 fully saturated rings. The minimum atomic E-state index is -0.558. The fourth-order valence-electron chi connectivity index (χ4n) is 1.56. The smallest absolute Gasteiger partial charge is 0.0776 e. The van der Waals surface area contributed by atoms with Gasteiger partial charge in [0.15, 0.2) is 0 Å². The van der Waals surface area contributed by atoms with Crippen LogP contribution in [0, 0.1) is 0 Å². The highest BCUT2D eigenvalue weighted by Crippen LogP contribution is 2.35. The SMILES string of the molecule is CC(O)c1ccc(Sc2ccccc2Cl)cc1Cl. The van der Waals surface area contributed by atoms with E-state index in [0.717, 1.165) is 20.4 Å². The molecule has 0 aliphatic heterocycles. The van der Waals surface area contributed by atoms with E-state index in [2.05, 4.69) is 0 Å². The molecule has 1 nitrogen and oxygen atoms in total. The summed E-state index contributed by atoms with van der Waals surface area (Å²) < 4.78 is 0. The second kappa shape index (κ2) is 5.98. The third-order valence-corrected chi connectivity index (χ3v) is 4.32. The van der Waals surface area contributed by atoms with Gasteiger partial charge in [-0.3, -0.25) is 0 Å². The molecule has 2 rings (SSSR count). The lowest BCUT2D eigenvalue weighted by molar-refractivity contribution is 0.199. The number of hydrogen-bond donors (Lipinski definition) is 1. The number of aliphatic hydroxyl groups is 1. The molecule has 0 saturated heterocycles. The van der Waals surface area contributed by atoms with Crippen molar-refractivity contribution in [2.24, 2.45) is 0 Å². The minimum absolute atomic E-state index is 0.558. The number of benzene rings is 2. The largest absolute Gasteiger partial charge is 0.389 e. The van der Waals surface area contributed by atoms with Crippen LogP contribution >= 0.6 is 35.0 Å². The molecule has 1 atom stereocenters. The van der Waals surface area contributed by atoms with Crippen LogP contribution in [0.4, 0.5) is 0 Å². The Labute approximate surface area is 121 Å². The summed E-state index contributed by atoms with van der Waals surface area (Å²) in [6.45, 7) is 1.70. The number of aliphatic hydroxyl groups excluding tert-OH is 1. The van der Waals surface area contributed by atoms with Crippen LogP contribution in [0.3, 0.4) is 0 Å². The monoisotopic (exact) mass is 298 g/mol. The second-order valence-corrected chi connectivity index (χ2v) is 5.82. The third-order valence-electron chi connectivity index (χ3n) is 2.49. The van der Waals surface area contributed by atoms with Crippen molar-refractivity contribution >= 4 is 35.0 Å². The first-order valence-corrected chi connectivity index (χ1v) is 7.05. The summed E-state index contributed by atoms with van der Waals surface area (Å²) in [6.07, 6.45) is -0.558. The Bertz CT molecular complexity index is 555. The molecule has 0 aliphatic rings. The fraction of sp³-hybridized carbons (Fsp3) is 0.143. The van der Waals surface area contributed by atoms with Gasteiger partial charge < -0.3 is 5.11 Å². The Morgan fingerprint density at radius 1 is 1.06 bits per heavy atom. The Balaban J connectivity index is 2.26. The highest BCUT2D eigenvalue weighted by molar-refractivity contribution is 7.99. The maximum atomic E-state index is 9.52. The predicted molar refractivity (Wildman–Crippen MR) is 77.7 cm³/mol. The van der Waals surface area contributed by atoms with Crippen molar-refractivity contribution in [2.75, 3.05) is 0 Å². The van der Waals surface area contributed by atoms with Crippen LogP contribution in [0.5, 0.6) is 0 Å². The molecule has 4 heteroatoms. The molecular formula is C14H12Cl2OS. The molecule has 0 bridgehead atoms. The van der Waals surface area contributed by atoms with Crippen molar-refractivity contribution in [1.82, 2.24) is 0 Å². The molecule has 18 heavy (non-hydrogen) atoms. The van der Waals surface area contributed by atoms with Crippen molar-refractivity contribution in [3.05, 3.63) is 58.1 Å². The predicted octanol–water partition coefficient (Wildman–Crippen LogP) is 5.20. The average Bonchev–Trinajstić information content (AvgIpc) is 2.32. The van der Waals surface area contributed by atoms with Crippen LogP contribution in [0.15, 0.2) is 52.3 Å². The van der Waals surface area contributed by atoms with E-state index >= 15 is 0 Å². The summed E-state index contributed by atoms with van der Waals surface area (Å²) in [5.74, 6) is 0. The van der Waals surface area contributed by atoms with Gasteiger partial charge in [0, 0.05) is 14.8 Å². The highest BCUT2D eigenvalue weighted by Gasteiger charge is 2.08. The summed E-state index contributed by atoms with van der Waals surface area (Å²) >= 11 is 13.8. The molecule has 0 amide bonds. The van der Waals surface area contributed by atoms with E-state index in [1.165, 1.54) is 0 Å². The van der Waals surface area contributed by atoms with Gasteiger partial charge in [0.1, 0.15) is 0 Å². The topological polar surface area (TPSA) is 20.2 Å². The van der Waals surface area contributed by atoms with Gasteiger partial charge in [-0.05, 0) is 36.8 Å². The maximum absolute atomic E-state index is 9.52. The average molecular weight is 299 g/mol. The molecular weight excluding hydrogens is 287 g/mol. The standard InChI is InChI=1S/C14H12Cl2OS/c1-9(17)11-7-6-10(8-13(11)16)18-14-5-3-2-4-12(14)15/h2-9,17H,1H3. The normalized spacial score (nSPS) is 12.4. The lowest BCUT2D eigenvalue weighted by Crippen LogP contribution is -1.91. The van der Waals surface area contributed by atoms with Gasteiger partial charge >= 0.3 is 0 Å². The van der Waals surface area contributed by atoms with E-state index in [0.29, 0.717) is 5.02 Å². The molecule has 0 heterocycles. The Morgan fingerprint density at radius 3 is 2.39 bits per heavy atom. The van der Waals surface area contributed by atoms with Gasteiger partial charge in [-0.25, -0.2) is 0 Å². The summed E-state index contributed by atoms with van der Waals surface area (Å²) in [5.41, 5.74) is 0.736. The van der Waals surface area contributed by atoms with E-state index in [-0.39, 0.29) is 0 Å². The summed E-state index contributed by atoms with van der Waals surface area (Å²) in [4.78, 5) is 1.98. The van der Waals surface area contributed by atoms with E-state index in [1.54, 1.807) is 18.7 Å². The molecule has 2 aromatic carbocycles. The molecule has 0 aliphatic carbocycles.